The highest BCUT2D eigenvalue weighted by Crippen LogP contribution is 2.53. The average Bonchev–Trinajstić information content (AvgIpc) is 3.44. The number of fused-ring (bicyclic) bond motifs is 9. The zero-order valence-electron chi connectivity index (χ0n) is 25.6. The van der Waals surface area contributed by atoms with Crippen LogP contribution in [0.3, 0.4) is 0 Å². The molecule has 0 atom stereocenters. The van der Waals surface area contributed by atoms with Crippen LogP contribution >= 0.6 is 0 Å². The molecule has 0 saturated heterocycles. The first-order chi connectivity index (χ1) is 22.6. The van der Waals surface area contributed by atoms with Crippen LogP contribution in [-0.4, -0.2) is 14.5 Å². The maximum Gasteiger partial charge on any atom is 0.235 e. The largest absolute Gasteiger partial charge is 0.277 e. The molecule has 0 amide bonds. The number of nitrogens with zero attached hydrogens (tertiary/aromatic N) is 3. The molecule has 3 nitrogen and oxygen atoms in total. The molecule has 0 spiro atoms. The van der Waals surface area contributed by atoms with Crippen LogP contribution in [0.25, 0.3) is 82.6 Å². The van der Waals surface area contributed by atoms with Gasteiger partial charge in [-0.15, -0.1) is 0 Å². The van der Waals surface area contributed by atoms with Crippen molar-refractivity contribution in [3.63, 3.8) is 0 Å². The van der Waals surface area contributed by atoms with E-state index in [1.807, 2.05) is 0 Å². The van der Waals surface area contributed by atoms with Crippen LogP contribution in [0.2, 0.25) is 0 Å². The first-order valence-corrected chi connectivity index (χ1v) is 15.9. The second-order valence-electron chi connectivity index (χ2n) is 13.0. The summed E-state index contributed by atoms with van der Waals surface area (Å²) in [6, 6.07) is 50.2. The molecule has 216 valence electrons. The van der Waals surface area contributed by atoms with Crippen LogP contribution in [0.4, 0.5) is 0 Å². The van der Waals surface area contributed by atoms with Gasteiger partial charge in [0.1, 0.15) is 0 Å². The van der Waals surface area contributed by atoms with Crippen molar-refractivity contribution < 1.29 is 0 Å². The smallest absolute Gasteiger partial charge is 0.235 e. The van der Waals surface area contributed by atoms with Gasteiger partial charge in [0.25, 0.3) is 0 Å². The van der Waals surface area contributed by atoms with E-state index in [-0.39, 0.29) is 5.41 Å². The van der Waals surface area contributed by atoms with Crippen LogP contribution < -0.4 is 0 Å². The molecular formula is C43H29N3. The molecule has 2 aromatic heterocycles. The van der Waals surface area contributed by atoms with Crippen molar-refractivity contribution in [3.8, 4) is 28.3 Å². The van der Waals surface area contributed by atoms with E-state index in [0.717, 1.165) is 33.2 Å². The van der Waals surface area contributed by atoms with Crippen molar-refractivity contribution in [2.24, 2.45) is 0 Å². The van der Waals surface area contributed by atoms with E-state index in [9.17, 15) is 0 Å². The monoisotopic (exact) mass is 587 g/mol. The number of hydrogen-bond donors (Lipinski definition) is 0. The van der Waals surface area contributed by atoms with Crippen molar-refractivity contribution in [2.45, 2.75) is 19.3 Å². The van der Waals surface area contributed by atoms with Gasteiger partial charge >= 0.3 is 0 Å². The van der Waals surface area contributed by atoms with Gasteiger partial charge in [-0.25, -0.2) is 9.97 Å². The lowest BCUT2D eigenvalue weighted by Gasteiger charge is -2.35. The standard InChI is InChI=1S/C43H29N3/c1-43(2)33-20-10-8-18-30(33)39-37-28(16-12-21-34(37)43)25-36-38(39)32-24-23-26-13-6-7-17-29(26)41(32)46(36)42-44-35-22-11-9-19-31(35)40(45-42)27-14-4-3-5-15-27/h3-25H,1-2H3. The Morgan fingerprint density at radius 1 is 0.543 bits per heavy atom. The van der Waals surface area contributed by atoms with Crippen LogP contribution in [-0.2, 0) is 5.41 Å². The fourth-order valence-electron chi connectivity index (χ4n) is 8.08. The molecule has 0 radical (unpaired) electrons. The summed E-state index contributed by atoms with van der Waals surface area (Å²) in [6.45, 7) is 4.72. The van der Waals surface area contributed by atoms with Crippen molar-refractivity contribution in [1.29, 1.82) is 0 Å². The minimum atomic E-state index is -0.117. The summed E-state index contributed by atoms with van der Waals surface area (Å²) in [5, 5.41) is 8.48. The summed E-state index contributed by atoms with van der Waals surface area (Å²) in [4.78, 5) is 10.7. The van der Waals surface area contributed by atoms with Crippen molar-refractivity contribution >= 4 is 54.3 Å². The van der Waals surface area contributed by atoms with Gasteiger partial charge in [-0.1, -0.05) is 141 Å². The second-order valence-corrected chi connectivity index (χ2v) is 13.0. The number of hydrogen-bond acceptors (Lipinski definition) is 2. The molecule has 0 fully saturated rings. The van der Waals surface area contributed by atoms with E-state index in [1.165, 1.54) is 54.6 Å². The number of para-hydroxylation sites is 1. The molecule has 2 heterocycles. The van der Waals surface area contributed by atoms with E-state index >= 15 is 0 Å². The highest BCUT2D eigenvalue weighted by Gasteiger charge is 2.35. The maximum absolute atomic E-state index is 5.41. The lowest BCUT2D eigenvalue weighted by molar-refractivity contribution is 0.645. The zero-order valence-corrected chi connectivity index (χ0v) is 25.6. The zero-order chi connectivity index (χ0) is 30.6. The molecule has 0 N–H and O–H groups in total. The molecule has 7 aromatic carbocycles. The van der Waals surface area contributed by atoms with Gasteiger partial charge in [-0.2, -0.15) is 0 Å². The van der Waals surface area contributed by atoms with Gasteiger partial charge in [-0.05, 0) is 45.0 Å². The second kappa shape index (κ2) is 9.12. The normalized spacial score (nSPS) is 13.6. The first-order valence-electron chi connectivity index (χ1n) is 15.9. The average molecular weight is 588 g/mol. The predicted octanol–water partition coefficient (Wildman–Crippen LogP) is 11.0. The Kier molecular flexibility index (Phi) is 5.06. The molecule has 46 heavy (non-hydrogen) atoms. The van der Waals surface area contributed by atoms with Crippen molar-refractivity contribution in [1.82, 2.24) is 14.5 Å². The lowest BCUT2D eigenvalue weighted by atomic mass is 9.68. The molecule has 10 rings (SSSR count). The minimum Gasteiger partial charge on any atom is -0.277 e. The summed E-state index contributed by atoms with van der Waals surface area (Å²) in [5.41, 5.74) is 10.4. The van der Waals surface area contributed by atoms with Gasteiger partial charge in [-0.3, -0.25) is 4.57 Å². The predicted molar refractivity (Wildman–Crippen MR) is 192 cm³/mol. The quantitative estimate of drug-likeness (QED) is 0.201. The van der Waals surface area contributed by atoms with Gasteiger partial charge in [0.05, 0.1) is 22.2 Å². The van der Waals surface area contributed by atoms with Crippen molar-refractivity contribution in [2.75, 3.05) is 0 Å². The SMILES string of the molecule is CC1(C)c2ccccc2-c2c3c1cccc3cc1c2c2ccc3ccccc3c2n1-c1nc(-c2ccccc2)c2ccccc2n1. The fourth-order valence-corrected chi connectivity index (χ4v) is 8.08. The molecule has 0 unspecified atom stereocenters. The Balaban J connectivity index is 1.46. The molecule has 0 bridgehead atoms. The van der Waals surface area contributed by atoms with Crippen LogP contribution in [0.5, 0.6) is 0 Å². The van der Waals surface area contributed by atoms with E-state index < -0.39 is 0 Å². The summed E-state index contributed by atoms with van der Waals surface area (Å²) in [7, 11) is 0. The molecule has 9 aromatic rings. The molecular weight excluding hydrogens is 558 g/mol. The summed E-state index contributed by atoms with van der Waals surface area (Å²) >= 11 is 0. The summed E-state index contributed by atoms with van der Waals surface area (Å²) in [5.74, 6) is 0.682. The Morgan fingerprint density at radius 2 is 1.26 bits per heavy atom. The molecule has 1 aliphatic carbocycles. The summed E-state index contributed by atoms with van der Waals surface area (Å²) in [6.07, 6.45) is 0. The van der Waals surface area contributed by atoms with Crippen LogP contribution in [0, 0.1) is 0 Å². The van der Waals surface area contributed by atoms with Gasteiger partial charge in [0.15, 0.2) is 0 Å². The highest BCUT2D eigenvalue weighted by atomic mass is 15.2. The highest BCUT2D eigenvalue weighted by molar-refractivity contribution is 6.28. The molecule has 0 aliphatic heterocycles. The minimum absolute atomic E-state index is 0.117. The lowest BCUT2D eigenvalue weighted by Crippen LogP contribution is -2.23. The Labute approximate surface area is 266 Å². The Bertz CT molecular complexity index is 2720. The third kappa shape index (κ3) is 3.32. The molecule has 0 saturated carbocycles. The number of aromatic nitrogens is 3. The van der Waals surface area contributed by atoms with Gasteiger partial charge < -0.3 is 0 Å². The fraction of sp³-hybridized carbons (Fsp3) is 0.0698. The van der Waals surface area contributed by atoms with Gasteiger partial charge in [0.2, 0.25) is 5.95 Å². The third-order valence-corrected chi connectivity index (χ3v) is 10.2. The molecule has 3 heteroatoms. The maximum atomic E-state index is 5.41. The number of benzene rings is 7. The third-order valence-electron chi connectivity index (χ3n) is 10.2. The van der Waals surface area contributed by atoms with Crippen molar-refractivity contribution in [3.05, 3.63) is 151 Å². The van der Waals surface area contributed by atoms with Crippen LogP contribution in [0.15, 0.2) is 140 Å². The Morgan fingerprint density at radius 3 is 2.15 bits per heavy atom. The van der Waals surface area contributed by atoms with Gasteiger partial charge in [0, 0.05) is 38.1 Å². The van der Waals surface area contributed by atoms with Crippen LogP contribution in [0.1, 0.15) is 25.0 Å². The summed E-state index contributed by atoms with van der Waals surface area (Å²) < 4.78 is 2.33. The van der Waals surface area contributed by atoms with E-state index in [4.69, 9.17) is 9.97 Å². The molecule has 1 aliphatic rings. The van der Waals surface area contributed by atoms with E-state index in [0.29, 0.717) is 5.95 Å². The topological polar surface area (TPSA) is 30.7 Å². The van der Waals surface area contributed by atoms with E-state index in [2.05, 4.69) is 158 Å². The first kappa shape index (κ1) is 25.5. The number of rotatable bonds is 2. The Hall–Kier alpha value is -5.80. The van der Waals surface area contributed by atoms with E-state index in [1.54, 1.807) is 0 Å².